The number of aromatic nitrogens is 1. The van der Waals surface area contributed by atoms with Crippen molar-refractivity contribution in [2.45, 2.75) is 13.8 Å². The molecule has 1 aromatic carbocycles. The first-order valence-corrected chi connectivity index (χ1v) is 7.19. The first-order chi connectivity index (χ1) is 10.0. The Bertz CT molecular complexity index is 611. The second-order valence-corrected chi connectivity index (χ2v) is 5.61. The lowest BCUT2D eigenvalue weighted by molar-refractivity contribution is 0.0944. The van der Waals surface area contributed by atoms with Crippen molar-refractivity contribution in [2.24, 2.45) is 5.92 Å². The van der Waals surface area contributed by atoms with E-state index in [1.54, 1.807) is 12.3 Å². The van der Waals surface area contributed by atoms with E-state index in [0.29, 0.717) is 23.2 Å². The molecule has 0 atom stereocenters. The van der Waals surface area contributed by atoms with Gasteiger partial charge in [-0.2, -0.15) is 0 Å². The van der Waals surface area contributed by atoms with Crippen LogP contribution in [0.15, 0.2) is 42.6 Å². The number of rotatable bonds is 5. The minimum Gasteiger partial charge on any atom is -0.354 e. The van der Waals surface area contributed by atoms with Gasteiger partial charge in [0, 0.05) is 17.3 Å². The van der Waals surface area contributed by atoms with Crippen molar-refractivity contribution in [3.8, 4) is 0 Å². The molecule has 0 unspecified atom stereocenters. The molecule has 0 aliphatic rings. The van der Waals surface area contributed by atoms with E-state index >= 15 is 0 Å². The Morgan fingerprint density at radius 2 is 2.05 bits per heavy atom. The van der Waals surface area contributed by atoms with Crippen molar-refractivity contribution < 1.29 is 4.79 Å². The van der Waals surface area contributed by atoms with E-state index in [9.17, 15) is 4.79 Å². The first kappa shape index (κ1) is 15.3. The molecule has 0 aliphatic heterocycles. The third kappa shape index (κ3) is 4.76. The average molecular weight is 304 g/mol. The summed E-state index contributed by atoms with van der Waals surface area (Å²) in [6.07, 6.45) is 1.63. The van der Waals surface area contributed by atoms with Gasteiger partial charge in [0.15, 0.2) is 0 Å². The Hall–Kier alpha value is -2.07. The number of anilines is 2. The van der Waals surface area contributed by atoms with Gasteiger partial charge in [0.2, 0.25) is 0 Å². The summed E-state index contributed by atoms with van der Waals surface area (Å²) in [7, 11) is 0. The molecule has 2 rings (SSSR count). The molecule has 5 heteroatoms. The smallest absolute Gasteiger partial charge is 0.269 e. The molecule has 110 valence electrons. The fraction of sp³-hybridized carbons (Fsp3) is 0.250. The van der Waals surface area contributed by atoms with Gasteiger partial charge in [-0.05, 0) is 36.2 Å². The minimum absolute atomic E-state index is 0.155. The summed E-state index contributed by atoms with van der Waals surface area (Å²) in [6.45, 7) is 4.74. The Morgan fingerprint density at radius 3 is 2.67 bits per heavy atom. The molecular formula is C16H18ClN3O. The highest BCUT2D eigenvalue weighted by atomic mass is 35.5. The lowest BCUT2D eigenvalue weighted by Crippen LogP contribution is -2.27. The van der Waals surface area contributed by atoms with Crippen LogP contribution in [0.2, 0.25) is 5.02 Å². The zero-order valence-corrected chi connectivity index (χ0v) is 12.8. The quantitative estimate of drug-likeness (QED) is 0.881. The normalized spacial score (nSPS) is 10.5. The van der Waals surface area contributed by atoms with Crippen LogP contribution in [0.5, 0.6) is 0 Å². The molecule has 1 amide bonds. The molecule has 21 heavy (non-hydrogen) atoms. The second kappa shape index (κ2) is 7.09. The number of pyridine rings is 1. The third-order valence-electron chi connectivity index (χ3n) is 2.78. The highest BCUT2D eigenvalue weighted by Gasteiger charge is 2.07. The highest BCUT2D eigenvalue weighted by Crippen LogP contribution is 2.19. The van der Waals surface area contributed by atoms with E-state index in [1.807, 2.05) is 44.2 Å². The maximum atomic E-state index is 11.9. The molecule has 2 aromatic rings. The number of hydrogen-bond acceptors (Lipinski definition) is 3. The number of amides is 1. The zero-order valence-electron chi connectivity index (χ0n) is 12.1. The van der Waals surface area contributed by atoms with Crippen LogP contribution in [-0.4, -0.2) is 17.4 Å². The molecule has 0 radical (unpaired) electrons. The number of nitrogens with one attached hydrogen (secondary N) is 2. The molecule has 0 fully saturated rings. The van der Waals surface area contributed by atoms with Crippen LogP contribution in [-0.2, 0) is 0 Å². The number of carbonyl (C=O) groups excluding carboxylic acids is 1. The standard InChI is InChI=1S/C16H18ClN3O/c1-11(2)9-19-16(21)15-7-6-14(10-18-15)20-13-5-3-4-12(17)8-13/h3-8,10-11,20H,9H2,1-2H3,(H,19,21). The number of carbonyl (C=O) groups is 1. The van der Waals surface area contributed by atoms with Crippen LogP contribution >= 0.6 is 11.6 Å². The summed E-state index contributed by atoms with van der Waals surface area (Å²) in [4.78, 5) is 16.0. The number of hydrogen-bond donors (Lipinski definition) is 2. The Balaban J connectivity index is 2.00. The maximum absolute atomic E-state index is 11.9. The molecule has 0 spiro atoms. The number of benzene rings is 1. The summed E-state index contributed by atoms with van der Waals surface area (Å²) in [5.41, 5.74) is 2.09. The summed E-state index contributed by atoms with van der Waals surface area (Å²) in [5, 5.41) is 6.68. The van der Waals surface area contributed by atoms with Crippen LogP contribution in [0.1, 0.15) is 24.3 Å². The lowest BCUT2D eigenvalue weighted by atomic mass is 10.2. The van der Waals surface area contributed by atoms with E-state index in [4.69, 9.17) is 11.6 Å². The van der Waals surface area contributed by atoms with E-state index in [0.717, 1.165) is 11.4 Å². The summed E-state index contributed by atoms with van der Waals surface area (Å²) >= 11 is 5.93. The van der Waals surface area contributed by atoms with Crippen LogP contribution in [0.25, 0.3) is 0 Å². The molecule has 0 aliphatic carbocycles. The third-order valence-corrected chi connectivity index (χ3v) is 3.02. The van der Waals surface area contributed by atoms with Gasteiger partial charge >= 0.3 is 0 Å². The van der Waals surface area contributed by atoms with Crippen LogP contribution in [0.3, 0.4) is 0 Å². The Kier molecular flexibility index (Phi) is 5.17. The SMILES string of the molecule is CC(C)CNC(=O)c1ccc(Nc2cccc(Cl)c2)cn1. The van der Waals surface area contributed by atoms with Crippen LogP contribution < -0.4 is 10.6 Å². The average Bonchev–Trinajstić information content (AvgIpc) is 2.45. The predicted octanol–water partition coefficient (Wildman–Crippen LogP) is 3.86. The van der Waals surface area contributed by atoms with Gasteiger partial charge < -0.3 is 10.6 Å². The molecule has 0 bridgehead atoms. The van der Waals surface area contributed by atoms with E-state index in [1.165, 1.54) is 0 Å². The van der Waals surface area contributed by atoms with Gasteiger partial charge in [-0.1, -0.05) is 31.5 Å². The van der Waals surface area contributed by atoms with E-state index in [-0.39, 0.29) is 5.91 Å². The molecule has 0 saturated carbocycles. The fourth-order valence-corrected chi connectivity index (χ4v) is 1.91. The highest BCUT2D eigenvalue weighted by molar-refractivity contribution is 6.30. The van der Waals surface area contributed by atoms with E-state index in [2.05, 4.69) is 15.6 Å². The van der Waals surface area contributed by atoms with E-state index < -0.39 is 0 Å². The van der Waals surface area contributed by atoms with Crippen molar-refractivity contribution in [1.82, 2.24) is 10.3 Å². The molecule has 2 N–H and O–H groups in total. The zero-order chi connectivity index (χ0) is 15.2. The molecular weight excluding hydrogens is 286 g/mol. The van der Waals surface area contributed by atoms with Gasteiger partial charge in [-0.15, -0.1) is 0 Å². The maximum Gasteiger partial charge on any atom is 0.269 e. The summed E-state index contributed by atoms with van der Waals surface area (Å²) < 4.78 is 0. The van der Waals surface area contributed by atoms with Crippen molar-refractivity contribution in [3.05, 3.63) is 53.3 Å². The number of nitrogens with zero attached hydrogens (tertiary/aromatic N) is 1. The summed E-state index contributed by atoms with van der Waals surface area (Å²) in [5.74, 6) is 0.260. The van der Waals surface area contributed by atoms with Crippen LogP contribution in [0.4, 0.5) is 11.4 Å². The first-order valence-electron chi connectivity index (χ1n) is 6.81. The summed E-state index contributed by atoms with van der Waals surface area (Å²) in [6, 6.07) is 10.9. The molecule has 4 nitrogen and oxygen atoms in total. The van der Waals surface area contributed by atoms with Gasteiger partial charge in [0.05, 0.1) is 11.9 Å². The van der Waals surface area contributed by atoms with Gasteiger partial charge in [0.1, 0.15) is 5.69 Å². The largest absolute Gasteiger partial charge is 0.354 e. The Labute approximate surface area is 129 Å². The lowest BCUT2D eigenvalue weighted by Gasteiger charge is -2.09. The topological polar surface area (TPSA) is 54.0 Å². The molecule has 1 aromatic heterocycles. The Morgan fingerprint density at radius 1 is 1.24 bits per heavy atom. The van der Waals surface area contributed by atoms with Crippen molar-refractivity contribution >= 4 is 28.9 Å². The van der Waals surface area contributed by atoms with Crippen molar-refractivity contribution in [1.29, 1.82) is 0 Å². The van der Waals surface area contributed by atoms with Gasteiger partial charge in [-0.25, -0.2) is 4.98 Å². The monoisotopic (exact) mass is 303 g/mol. The second-order valence-electron chi connectivity index (χ2n) is 5.17. The number of halogens is 1. The van der Waals surface area contributed by atoms with Crippen molar-refractivity contribution in [3.63, 3.8) is 0 Å². The van der Waals surface area contributed by atoms with Crippen LogP contribution in [0, 0.1) is 5.92 Å². The van der Waals surface area contributed by atoms with Crippen molar-refractivity contribution in [2.75, 3.05) is 11.9 Å². The molecule has 1 heterocycles. The van der Waals surface area contributed by atoms with Gasteiger partial charge in [0.25, 0.3) is 5.91 Å². The fourth-order valence-electron chi connectivity index (χ4n) is 1.72. The minimum atomic E-state index is -0.155. The molecule has 0 saturated heterocycles. The predicted molar refractivity (Wildman–Crippen MR) is 86.1 cm³/mol. The van der Waals surface area contributed by atoms with Gasteiger partial charge in [-0.3, -0.25) is 4.79 Å².